The maximum absolute atomic E-state index is 13.3. The molecule has 0 spiro atoms. The maximum Gasteiger partial charge on any atom is 0.344 e. The predicted octanol–water partition coefficient (Wildman–Crippen LogP) is 8.61. The topological polar surface area (TPSA) is 72.9 Å². The third-order valence-corrected chi connectivity index (χ3v) is 8.36. The van der Waals surface area contributed by atoms with E-state index in [-0.39, 0.29) is 23.4 Å². The standard InChI is InChI=1S/C34H24BrNO5S/c1-2-40-29-18-22(17-28(35)31(29)41-33(38)27-13-7-11-24-9-5-6-12-26(24)27)19-30-32(37)36(34(39)42-30)20-21-14-15-23-8-3-4-10-25(23)16-21/h3-19H,2,20H2,1H3/b30-19-. The Balaban J connectivity index is 1.25. The third-order valence-electron chi connectivity index (χ3n) is 6.86. The molecule has 1 fully saturated rings. The van der Waals surface area contributed by atoms with Crippen LogP contribution in [-0.2, 0) is 11.3 Å². The summed E-state index contributed by atoms with van der Waals surface area (Å²) in [6, 6.07) is 30.4. The van der Waals surface area contributed by atoms with Gasteiger partial charge in [0.15, 0.2) is 11.5 Å². The van der Waals surface area contributed by atoms with E-state index in [1.54, 1.807) is 24.3 Å². The van der Waals surface area contributed by atoms with E-state index in [1.807, 2.05) is 85.8 Å². The Bertz CT molecular complexity index is 1910. The minimum atomic E-state index is -0.518. The molecule has 2 amide bonds. The number of thioether (sulfide) groups is 1. The lowest BCUT2D eigenvalue weighted by Gasteiger charge is -2.14. The van der Waals surface area contributed by atoms with Crippen molar-refractivity contribution < 1.29 is 23.9 Å². The molecule has 5 aromatic carbocycles. The highest BCUT2D eigenvalue weighted by Crippen LogP contribution is 2.40. The summed E-state index contributed by atoms with van der Waals surface area (Å²) < 4.78 is 12.1. The second-order valence-electron chi connectivity index (χ2n) is 9.63. The molecule has 1 heterocycles. The number of hydrogen-bond acceptors (Lipinski definition) is 6. The third kappa shape index (κ3) is 5.55. The summed E-state index contributed by atoms with van der Waals surface area (Å²) in [6.07, 6.45) is 1.65. The van der Waals surface area contributed by atoms with Gasteiger partial charge in [0.2, 0.25) is 0 Å². The Labute approximate surface area is 255 Å². The van der Waals surface area contributed by atoms with Gasteiger partial charge in [-0.1, -0.05) is 72.8 Å². The number of fused-ring (bicyclic) bond motifs is 2. The van der Waals surface area contributed by atoms with Gasteiger partial charge in [0, 0.05) is 0 Å². The van der Waals surface area contributed by atoms with Crippen LogP contribution in [0.1, 0.15) is 28.4 Å². The summed E-state index contributed by atoms with van der Waals surface area (Å²) in [6.45, 7) is 2.34. The lowest BCUT2D eigenvalue weighted by Crippen LogP contribution is -2.27. The Hall–Kier alpha value is -4.40. The summed E-state index contributed by atoms with van der Waals surface area (Å²) >= 11 is 4.41. The van der Waals surface area contributed by atoms with Gasteiger partial charge < -0.3 is 9.47 Å². The molecular formula is C34H24BrNO5S. The molecule has 42 heavy (non-hydrogen) atoms. The molecule has 1 aliphatic rings. The highest BCUT2D eigenvalue weighted by Gasteiger charge is 2.35. The predicted molar refractivity (Wildman–Crippen MR) is 170 cm³/mol. The van der Waals surface area contributed by atoms with Crippen molar-refractivity contribution in [3.8, 4) is 11.5 Å². The number of ether oxygens (including phenoxy) is 2. The van der Waals surface area contributed by atoms with E-state index in [0.717, 1.165) is 38.9 Å². The first kappa shape index (κ1) is 27.8. The van der Waals surface area contributed by atoms with E-state index >= 15 is 0 Å². The van der Waals surface area contributed by atoms with Crippen LogP contribution in [0.25, 0.3) is 27.6 Å². The molecule has 0 radical (unpaired) electrons. The molecule has 208 valence electrons. The second kappa shape index (κ2) is 11.8. The molecule has 6 rings (SSSR count). The number of benzene rings is 5. The number of hydrogen-bond donors (Lipinski definition) is 0. The molecular weight excluding hydrogens is 614 g/mol. The van der Waals surface area contributed by atoms with Crippen molar-refractivity contribution in [2.45, 2.75) is 13.5 Å². The summed E-state index contributed by atoms with van der Waals surface area (Å²) in [5, 5.41) is 3.53. The smallest absolute Gasteiger partial charge is 0.344 e. The first-order chi connectivity index (χ1) is 20.4. The van der Waals surface area contributed by atoms with E-state index in [2.05, 4.69) is 15.9 Å². The Morgan fingerprint density at radius 2 is 1.62 bits per heavy atom. The molecule has 1 aliphatic heterocycles. The molecule has 0 N–H and O–H groups in total. The summed E-state index contributed by atoms with van der Waals surface area (Å²) in [7, 11) is 0. The van der Waals surface area contributed by atoms with E-state index < -0.39 is 5.97 Å². The van der Waals surface area contributed by atoms with Gasteiger partial charge in [0.25, 0.3) is 11.1 Å². The van der Waals surface area contributed by atoms with Crippen molar-refractivity contribution >= 4 is 72.4 Å². The lowest BCUT2D eigenvalue weighted by molar-refractivity contribution is -0.123. The average molecular weight is 639 g/mol. The van der Waals surface area contributed by atoms with Gasteiger partial charge in [-0.2, -0.15) is 0 Å². The fraction of sp³-hybridized carbons (Fsp3) is 0.0882. The van der Waals surface area contributed by atoms with E-state index in [0.29, 0.717) is 32.9 Å². The van der Waals surface area contributed by atoms with Crippen molar-refractivity contribution in [2.75, 3.05) is 6.61 Å². The Morgan fingerprint density at radius 3 is 2.43 bits per heavy atom. The zero-order valence-corrected chi connectivity index (χ0v) is 24.9. The summed E-state index contributed by atoms with van der Waals surface area (Å²) in [5.41, 5.74) is 1.93. The summed E-state index contributed by atoms with van der Waals surface area (Å²) in [5.74, 6) is -0.312. The normalized spacial score (nSPS) is 14.2. The fourth-order valence-electron chi connectivity index (χ4n) is 4.89. The van der Waals surface area contributed by atoms with Gasteiger partial charge in [-0.15, -0.1) is 0 Å². The molecule has 0 saturated carbocycles. The van der Waals surface area contributed by atoms with Gasteiger partial charge in [-0.3, -0.25) is 14.5 Å². The number of esters is 1. The zero-order chi connectivity index (χ0) is 29.2. The molecule has 0 aromatic heterocycles. The second-order valence-corrected chi connectivity index (χ2v) is 11.5. The van der Waals surface area contributed by atoms with Gasteiger partial charge in [0.05, 0.1) is 28.1 Å². The number of amides is 2. The first-order valence-corrected chi connectivity index (χ1v) is 14.9. The highest BCUT2D eigenvalue weighted by atomic mass is 79.9. The number of nitrogens with zero attached hydrogens (tertiary/aromatic N) is 1. The minimum Gasteiger partial charge on any atom is -0.490 e. The van der Waals surface area contributed by atoms with E-state index in [1.165, 1.54) is 4.90 Å². The number of halogens is 1. The van der Waals surface area contributed by atoms with Crippen LogP contribution in [0.5, 0.6) is 11.5 Å². The van der Waals surface area contributed by atoms with E-state index in [4.69, 9.17) is 9.47 Å². The molecule has 1 saturated heterocycles. The first-order valence-electron chi connectivity index (χ1n) is 13.3. The quantitative estimate of drug-likeness (QED) is 0.101. The van der Waals surface area contributed by atoms with Gasteiger partial charge in [0.1, 0.15) is 0 Å². The fourth-order valence-corrected chi connectivity index (χ4v) is 6.27. The van der Waals surface area contributed by atoms with Crippen LogP contribution in [0.2, 0.25) is 0 Å². The molecule has 0 unspecified atom stereocenters. The zero-order valence-electron chi connectivity index (χ0n) is 22.5. The largest absolute Gasteiger partial charge is 0.490 e. The monoisotopic (exact) mass is 637 g/mol. The van der Waals surface area contributed by atoms with Gasteiger partial charge in [-0.25, -0.2) is 4.79 Å². The Morgan fingerprint density at radius 1 is 0.881 bits per heavy atom. The van der Waals surface area contributed by atoms with Crippen LogP contribution in [-0.4, -0.2) is 28.6 Å². The van der Waals surface area contributed by atoms with E-state index in [9.17, 15) is 14.4 Å². The van der Waals surface area contributed by atoms with Crippen LogP contribution < -0.4 is 9.47 Å². The summed E-state index contributed by atoms with van der Waals surface area (Å²) in [4.78, 5) is 40.9. The van der Waals surface area contributed by atoms with Crippen LogP contribution in [0.15, 0.2) is 106 Å². The Kier molecular flexibility index (Phi) is 7.82. The van der Waals surface area contributed by atoms with Gasteiger partial charge in [-0.05, 0) is 97.6 Å². The molecule has 0 atom stereocenters. The van der Waals surface area contributed by atoms with Crippen LogP contribution in [0.3, 0.4) is 0 Å². The molecule has 0 bridgehead atoms. The lowest BCUT2D eigenvalue weighted by atomic mass is 10.0. The van der Waals surface area contributed by atoms with Crippen LogP contribution >= 0.6 is 27.7 Å². The van der Waals surface area contributed by atoms with Crippen molar-refractivity contribution in [1.29, 1.82) is 0 Å². The molecule has 6 nitrogen and oxygen atoms in total. The van der Waals surface area contributed by atoms with Crippen molar-refractivity contribution in [3.05, 3.63) is 123 Å². The number of carbonyl (C=O) groups is 3. The molecule has 5 aromatic rings. The minimum absolute atomic E-state index is 0.184. The molecule has 8 heteroatoms. The van der Waals surface area contributed by atoms with Crippen LogP contribution in [0.4, 0.5) is 4.79 Å². The SMILES string of the molecule is CCOc1cc(/C=C2\SC(=O)N(Cc3ccc4ccccc4c3)C2=O)cc(Br)c1OC(=O)c1cccc2ccccc12. The van der Waals surface area contributed by atoms with Crippen LogP contribution in [0, 0.1) is 0 Å². The number of rotatable bonds is 7. The van der Waals surface area contributed by atoms with Crippen molar-refractivity contribution in [1.82, 2.24) is 4.90 Å². The number of carbonyl (C=O) groups excluding carboxylic acids is 3. The highest BCUT2D eigenvalue weighted by molar-refractivity contribution is 9.10. The molecule has 0 aliphatic carbocycles. The van der Waals surface area contributed by atoms with Crippen molar-refractivity contribution in [3.63, 3.8) is 0 Å². The average Bonchev–Trinajstić information content (AvgIpc) is 3.25. The number of imide groups is 1. The maximum atomic E-state index is 13.3. The van der Waals surface area contributed by atoms with Gasteiger partial charge >= 0.3 is 5.97 Å². The van der Waals surface area contributed by atoms with Crippen molar-refractivity contribution in [2.24, 2.45) is 0 Å².